The Morgan fingerprint density at radius 1 is 1.20 bits per heavy atom. The van der Waals surface area contributed by atoms with Crippen LogP contribution in [0.1, 0.15) is 18.9 Å². The predicted molar refractivity (Wildman–Crippen MR) is 76.9 cm³/mol. The Morgan fingerprint density at radius 2 is 1.90 bits per heavy atom. The smallest absolute Gasteiger partial charge is 0.244 e. The highest BCUT2D eigenvalue weighted by atomic mass is 16.5. The number of methoxy groups -OCH3 is 2. The third-order valence-corrected chi connectivity index (χ3v) is 2.61. The number of nitrogens with one attached hydrogen (secondary N) is 1. The van der Waals surface area contributed by atoms with Crippen molar-refractivity contribution in [2.75, 3.05) is 20.8 Å². The summed E-state index contributed by atoms with van der Waals surface area (Å²) in [6.07, 6.45) is 3.43. The second-order valence-electron chi connectivity index (χ2n) is 4.19. The standard InChI is InChI=1S/C15H19NO4/c1-11(17)8-9-16-15(18)7-5-12-4-6-13(19-2)14(10-12)20-3/h4-7,10H,8-9H2,1-3H3,(H,16,18)/b7-5+. The monoisotopic (exact) mass is 277 g/mol. The summed E-state index contributed by atoms with van der Waals surface area (Å²) in [6, 6.07) is 5.37. The number of carbonyl (C=O) groups excluding carboxylic acids is 2. The molecule has 0 fully saturated rings. The Balaban J connectivity index is 2.61. The molecule has 108 valence electrons. The van der Waals surface area contributed by atoms with Gasteiger partial charge in [-0.2, -0.15) is 0 Å². The van der Waals surface area contributed by atoms with Crippen LogP contribution in [0.3, 0.4) is 0 Å². The second-order valence-corrected chi connectivity index (χ2v) is 4.19. The number of ether oxygens (including phenoxy) is 2. The predicted octanol–water partition coefficient (Wildman–Crippen LogP) is 1.81. The van der Waals surface area contributed by atoms with E-state index in [1.54, 1.807) is 32.4 Å². The summed E-state index contributed by atoms with van der Waals surface area (Å²) in [7, 11) is 3.12. The van der Waals surface area contributed by atoms with Crippen LogP contribution in [0.2, 0.25) is 0 Å². The van der Waals surface area contributed by atoms with Crippen LogP contribution in [-0.2, 0) is 9.59 Å². The van der Waals surface area contributed by atoms with Crippen LogP contribution in [0.25, 0.3) is 6.08 Å². The van der Waals surface area contributed by atoms with Gasteiger partial charge in [0.25, 0.3) is 0 Å². The van der Waals surface area contributed by atoms with Crippen molar-refractivity contribution in [3.8, 4) is 11.5 Å². The highest BCUT2D eigenvalue weighted by Crippen LogP contribution is 2.27. The highest BCUT2D eigenvalue weighted by Gasteiger charge is 2.03. The fourth-order valence-corrected chi connectivity index (χ4v) is 1.55. The molecule has 0 aliphatic heterocycles. The van der Waals surface area contributed by atoms with Crippen molar-refractivity contribution in [1.29, 1.82) is 0 Å². The van der Waals surface area contributed by atoms with Crippen LogP contribution in [0.15, 0.2) is 24.3 Å². The molecule has 1 aromatic rings. The lowest BCUT2D eigenvalue weighted by molar-refractivity contribution is -0.117. The van der Waals surface area contributed by atoms with Crippen molar-refractivity contribution in [3.63, 3.8) is 0 Å². The largest absolute Gasteiger partial charge is 0.493 e. The van der Waals surface area contributed by atoms with E-state index in [-0.39, 0.29) is 11.7 Å². The van der Waals surface area contributed by atoms with Crippen LogP contribution >= 0.6 is 0 Å². The second kappa shape index (κ2) is 7.99. The van der Waals surface area contributed by atoms with E-state index in [0.29, 0.717) is 24.5 Å². The van der Waals surface area contributed by atoms with E-state index in [2.05, 4.69) is 5.32 Å². The zero-order valence-electron chi connectivity index (χ0n) is 11.9. The molecular weight excluding hydrogens is 258 g/mol. The molecule has 0 aliphatic carbocycles. The lowest BCUT2D eigenvalue weighted by atomic mass is 10.2. The number of hydrogen-bond acceptors (Lipinski definition) is 4. The maximum atomic E-state index is 11.5. The minimum absolute atomic E-state index is 0.0502. The molecule has 1 N–H and O–H groups in total. The van der Waals surface area contributed by atoms with Crippen LogP contribution in [0.5, 0.6) is 11.5 Å². The quantitative estimate of drug-likeness (QED) is 0.772. The molecular formula is C15H19NO4. The van der Waals surface area contributed by atoms with Crippen LogP contribution in [-0.4, -0.2) is 32.5 Å². The first-order valence-electron chi connectivity index (χ1n) is 6.24. The number of ketones is 1. The molecule has 0 saturated heterocycles. The molecule has 1 aromatic carbocycles. The molecule has 0 bridgehead atoms. The van der Waals surface area contributed by atoms with Gasteiger partial charge >= 0.3 is 0 Å². The van der Waals surface area contributed by atoms with E-state index in [1.165, 1.54) is 13.0 Å². The molecule has 1 rings (SSSR count). The third-order valence-electron chi connectivity index (χ3n) is 2.61. The van der Waals surface area contributed by atoms with Gasteiger partial charge in [-0.15, -0.1) is 0 Å². The van der Waals surface area contributed by atoms with Crippen molar-refractivity contribution in [1.82, 2.24) is 5.32 Å². The Labute approximate surface area is 118 Å². The lowest BCUT2D eigenvalue weighted by Gasteiger charge is -2.07. The number of benzene rings is 1. The van der Waals surface area contributed by atoms with E-state index in [4.69, 9.17) is 9.47 Å². The minimum Gasteiger partial charge on any atom is -0.493 e. The molecule has 0 unspecified atom stereocenters. The molecule has 0 saturated carbocycles. The van der Waals surface area contributed by atoms with Gasteiger partial charge < -0.3 is 14.8 Å². The number of rotatable bonds is 7. The van der Waals surface area contributed by atoms with E-state index < -0.39 is 0 Å². The summed E-state index contributed by atoms with van der Waals surface area (Å²) in [4.78, 5) is 22.3. The number of carbonyl (C=O) groups is 2. The maximum Gasteiger partial charge on any atom is 0.244 e. The molecule has 0 aliphatic rings. The molecule has 20 heavy (non-hydrogen) atoms. The highest BCUT2D eigenvalue weighted by molar-refractivity contribution is 5.92. The molecule has 0 atom stereocenters. The van der Waals surface area contributed by atoms with Crippen molar-refractivity contribution in [2.45, 2.75) is 13.3 Å². The summed E-state index contributed by atoms with van der Waals surface area (Å²) in [6.45, 7) is 1.84. The van der Waals surface area contributed by atoms with Crippen molar-refractivity contribution in [3.05, 3.63) is 29.8 Å². The first-order valence-corrected chi connectivity index (χ1v) is 6.24. The van der Waals surface area contributed by atoms with E-state index in [9.17, 15) is 9.59 Å². The molecule has 0 aromatic heterocycles. The van der Waals surface area contributed by atoms with E-state index in [1.807, 2.05) is 6.07 Å². The Kier molecular flexibility index (Phi) is 6.29. The third kappa shape index (κ3) is 5.14. The Hall–Kier alpha value is -2.30. The fraction of sp³-hybridized carbons (Fsp3) is 0.333. The zero-order valence-corrected chi connectivity index (χ0v) is 11.9. The minimum atomic E-state index is -0.235. The Morgan fingerprint density at radius 3 is 2.50 bits per heavy atom. The lowest BCUT2D eigenvalue weighted by Crippen LogP contribution is -2.23. The first-order chi connectivity index (χ1) is 9.56. The maximum absolute atomic E-state index is 11.5. The zero-order chi connectivity index (χ0) is 15.0. The molecule has 1 amide bonds. The van der Waals surface area contributed by atoms with Crippen LogP contribution < -0.4 is 14.8 Å². The number of hydrogen-bond donors (Lipinski definition) is 1. The van der Waals surface area contributed by atoms with Gasteiger partial charge in [-0.05, 0) is 30.7 Å². The SMILES string of the molecule is COc1ccc(/C=C/C(=O)NCCC(C)=O)cc1OC. The first kappa shape index (κ1) is 15.8. The fourth-order valence-electron chi connectivity index (χ4n) is 1.55. The summed E-state index contributed by atoms with van der Waals surface area (Å²) >= 11 is 0. The van der Waals surface area contributed by atoms with Gasteiger partial charge in [0.15, 0.2) is 11.5 Å². The Bertz CT molecular complexity index is 509. The molecule has 5 nitrogen and oxygen atoms in total. The van der Waals surface area contributed by atoms with Crippen molar-refractivity contribution in [2.24, 2.45) is 0 Å². The van der Waals surface area contributed by atoms with Gasteiger partial charge in [-0.3, -0.25) is 9.59 Å². The van der Waals surface area contributed by atoms with Crippen molar-refractivity contribution >= 4 is 17.8 Å². The molecule has 5 heteroatoms. The van der Waals surface area contributed by atoms with Crippen LogP contribution in [0, 0.1) is 0 Å². The van der Waals surface area contributed by atoms with Crippen molar-refractivity contribution < 1.29 is 19.1 Å². The van der Waals surface area contributed by atoms with Gasteiger partial charge in [0.05, 0.1) is 14.2 Å². The molecule has 0 spiro atoms. The van der Waals surface area contributed by atoms with Gasteiger partial charge in [0, 0.05) is 19.0 Å². The molecule has 0 radical (unpaired) electrons. The van der Waals surface area contributed by atoms with Crippen LogP contribution in [0.4, 0.5) is 0 Å². The molecule has 0 heterocycles. The summed E-state index contributed by atoms with van der Waals surface area (Å²) < 4.78 is 10.3. The average molecular weight is 277 g/mol. The van der Waals surface area contributed by atoms with Gasteiger partial charge in [-0.25, -0.2) is 0 Å². The van der Waals surface area contributed by atoms with Gasteiger partial charge in [0.2, 0.25) is 5.91 Å². The van der Waals surface area contributed by atoms with E-state index >= 15 is 0 Å². The van der Waals surface area contributed by atoms with E-state index in [0.717, 1.165) is 5.56 Å². The summed E-state index contributed by atoms with van der Waals surface area (Å²) in [5, 5.41) is 2.63. The number of amides is 1. The van der Waals surface area contributed by atoms with Gasteiger partial charge in [-0.1, -0.05) is 6.07 Å². The van der Waals surface area contributed by atoms with Gasteiger partial charge in [0.1, 0.15) is 5.78 Å². The summed E-state index contributed by atoms with van der Waals surface area (Å²) in [5.41, 5.74) is 0.823. The average Bonchev–Trinajstić information content (AvgIpc) is 2.44. The number of Topliss-reactive ketones (excluding diaryl/α,β-unsaturated/α-hetero) is 1. The summed E-state index contributed by atoms with van der Waals surface area (Å²) in [5.74, 6) is 1.05. The normalized spacial score (nSPS) is 10.3. The topological polar surface area (TPSA) is 64.6 Å².